The van der Waals surface area contributed by atoms with Gasteiger partial charge in [-0.25, -0.2) is 0 Å². The van der Waals surface area contributed by atoms with Gasteiger partial charge in [0.2, 0.25) is 0 Å². The van der Waals surface area contributed by atoms with Crippen molar-refractivity contribution in [3.63, 3.8) is 0 Å². The molecule has 0 aliphatic carbocycles. The zero-order chi connectivity index (χ0) is 15.0. The van der Waals surface area contributed by atoms with Crippen LogP contribution in [0.25, 0.3) is 0 Å². The number of halogens is 1. The number of nitro benzene ring substituents is 1. The second kappa shape index (κ2) is 10.4. The van der Waals surface area contributed by atoms with E-state index in [9.17, 15) is 10.1 Å². The van der Waals surface area contributed by atoms with Crippen LogP contribution < -0.4 is 5.32 Å². The quantitative estimate of drug-likeness (QED) is 0.259. The summed E-state index contributed by atoms with van der Waals surface area (Å²) in [6.07, 6.45) is 2.24. The minimum atomic E-state index is -0.383. The molecule has 1 aromatic carbocycles. The number of hydrogen-bond acceptors (Lipinski definition) is 3. The van der Waals surface area contributed by atoms with Crippen molar-refractivity contribution in [3.05, 3.63) is 39.9 Å². The lowest BCUT2D eigenvalue weighted by Gasteiger charge is -2.21. The summed E-state index contributed by atoms with van der Waals surface area (Å²) >= 11 is 0. The molecular weight excluding hydrogens is 383 g/mol. The lowest BCUT2D eigenvalue weighted by atomic mass is 10.2. The number of aliphatic imine (C=N–C) groups is 1. The first-order chi connectivity index (χ1) is 9.58. The molecule has 0 bridgehead atoms. The minimum absolute atomic E-state index is 0. The third kappa shape index (κ3) is 6.74. The number of rotatable bonds is 6. The van der Waals surface area contributed by atoms with E-state index in [2.05, 4.69) is 22.1 Å². The second-order valence-electron chi connectivity index (χ2n) is 4.60. The predicted molar refractivity (Wildman–Crippen MR) is 96.2 cm³/mol. The van der Waals surface area contributed by atoms with E-state index in [0.717, 1.165) is 30.9 Å². The fourth-order valence-electron chi connectivity index (χ4n) is 1.85. The molecule has 118 valence electrons. The van der Waals surface area contributed by atoms with Crippen molar-refractivity contribution in [3.8, 4) is 0 Å². The first kappa shape index (κ1) is 19.6. The molecular formula is C14H23IN4O2. The number of non-ortho nitro benzene ring substituents is 1. The molecule has 0 aliphatic rings. The van der Waals surface area contributed by atoms with Crippen molar-refractivity contribution in [1.29, 1.82) is 0 Å². The first-order valence-corrected chi connectivity index (χ1v) is 6.73. The van der Waals surface area contributed by atoms with Crippen LogP contribution in [0.1, 0.15) is 25.3 Å². The van der Waals surface area contributed by atoms with Gasteiger partial charge < -0.3 is 10.2 Å². The number of benzene rings is 1. The van der Waals surface area contributed by atoms with Crippen LogP contribution in [0.2, 0.25) is 0 Å². The molecule has 0 saturated carbocycles. The third-order valence-corrected chi connectivity index (χ3v) is 2.99. The van der Waals surface area contributed by atoms with Crippen molar-refractivity contribution in [2.75, 3.05) is 20.6 Å². The molecule has 7 heteroatoms. The minimum Gasteiger partial charge on any atom is -0.352 e. The van der Waals surface area contributed by atoms with E-state index in [4.69, 9.17) is 0 Å². The molecule has 0 aromatic heterocycles. The number of nitro groups is 1. The van der Waals surface area contributed by atoms with E-state index >= 15 is 0 Å². The standard InChI is InChI=1S/C14H22N4O2.HI/c1-4-5-9-17(3)14(15-2)16-11-12-7-6-8-13(10-12)18(19)20;/h6-8,10H,4-5,9,11H2,1-3H3,(H,15,16);1H. The summed E-state index contributed by atoms with van der Waals surface area (Å²) in [5, 5.41) is 13.9. The first-order valence-electron chi connectivity index (χ1n) is 6.73. The van der Waals surface area contributed by atoms with Crippen LogP contribution in [0.15, 0.2) is 29.3 Å². The molecule has 21 heavy (non-hydrogen) atoms. The number of nitrogens with zero attached hydrogens (tertiary/aromatic N) is 3. The summed E-state index contributed by atoms with van der Waals surface area (Å²) in [6, 6.07) is 6.62. The van der Waals surface area contributed by atoms with E-state index in [1.165, 1.54) is 6.07 Å². The van der Waals surface area contributed by atoms with E-state index in [1.54, 1.807) is 19.2 Å². The summed E-state index contributed by atoms with van der Waals surface area (Å²) < 4.78 is 0. The monoisotopic (exact) mass is 406 g/mol. The van der Waals surface area contributed by atoms with Crippen LogP contribution in [0.4, 0.5) is 5.69 Å². The molecule has 0 fully saturated rings. The molecule has 0 aliphatic heterocycles. The average molecular weight is 406 g/mol. The topological polar surface area (TPSA) is 70.8 Å². The Morgan fingerprint density at radius 2 is 2.19 bits per heavy atom. The number of unbranched alkanes of at least 4 members (excludes halogenated alkanes) is 1. The van der Waals surface area contributed by atoms with E-state index < -0.39 is 0 Å². The Hall–Kier alpha value is -1.38. The molecule has 0 spiro atoms. The molecule has 0 radical (unpaired) electrons. The Bertz CT molecular complexity index is 480. The largest absolute Gasteiger partial charge is 0.352 e. The summed E-state index contributed by atoms with van der Waals surface area (Å²) in [5.41, 5.74) is 0.975. The van der Waals surface area contributed by atoms with Crippen molar-refractivity contribution < 1.29 is 4.92 Å². The second-order valence-corrected chi connectivity index (χ2v) is 4.60. The van der Waals surface area contributed by atoms with Gasteiger partial charge >= 0.3 is 0 Å². The predicted octanol–water partition coefficient (Wildman–Crippen LogP) is 3.02. The lowest BCUT2D eigenvalue weighted by Crippen LogP contribution is -2.38. The van der Waals surface area contributed by atoms with Gasteiger partial charge in [-0.1, -0.05) is 25.5 Å². The molecule has 0 unspecified atom stereocenters. The Kier molecular flexibility index (Phi) is 9.68. The van der Waals surface area contributed by atoms with Crippen molar-refractivity contribution >= 4 is 35.6 Å². The molecule has 1 N–H and O–H groups in total. The highest BCUT2D eigenvalue weighted by Gasteiger charge is 2.08. The zero-order valence-electron chi connectivity index (χ0n) is 12.7. The SMILES string of the molecule is CCCCN(C)C(=NC)NCc1cccc([N+](=O)[O-])c1.I. The van der Waals surface area contributed by atoms with Crippen LogP contribution in [0.5, 0.6) is 0 Å². The van der Waals surface area contributed by atoms with Gasteiger partial charge in [0, 0.05) is 39.3 Å². The van der Waals surface area contributed by atoms with Crippen LogP contribution in [0.3, 0.4) is 0 Å². The average Bonchev–Trinajstić information content (AvgIpc) is 2.46. The maximum atomic E-state index is 10.7. The van der Waals surface area contributed by atoms with Crippen LogP contribution in [-0.4, -0.2) is 36.4 Å². The molecule has 0 amide bonds. The summed E-state index contributed by atoms with van der Waals surface area (Å²) in [5.74, 6) is 0.796. The highest BCUT2D eigenvalue weighted by molar-refractivity contribution is 14.0. The van der Waals surface area contributed by atoms with E-state index in [1.807, 2.05) is 13.1 Å². The maximum absolute atomic E-state index is 10.7. The van der Waals surface area contributed by atoms with Gasteiger partial charge in [0.15, 0.2) is 5.96 Å². The molecule has 0 atom stereocenters. The number of hydrogen-bond donors (Lipinski definition) is 1. The Balaban J connectivity index is 0.00000400. The molecule has 1 aromatic rings. The normalized spacial score (nSPS) is 10.7. The van der Waals surface area contributed by atoms with Gasteiger partial charge in [-0.15, -0.1) is 24.0 Å². The Labute approximate surface area is 142 Å². The molecule has 0 saturated heterocycles. The number of guanidine groups is 1. The lowest BCUT2D eigenvalue weighted by molar-refractivity contribution is -0.384. The summed E-state index contributed by atoms with van der Waals surface area (Å²) in [4.78, 5) is 16.6. The Morgan fingerprint density at radius 3 is 2.76 bits per heavy atom. The Morgan fingerprint density at radius 1 is 1.48 bits per heavy atom. The van der Waals surface area contributed by atoms with Gasteiger partial charge in [0.05, 0.1) is 4.92 Å². The molecule has 1 rings (SSSR count). The van der Waals surface area contributed by atoms with Crippen LogP contribution in [-0.2, 0) is 6.54 Å². The summed E-state index contributed by atoms with van der Waals surface area (Å²) in [6.45, 7) is 3.60. The van der Waals surface area contributed by atoms with Gasteiger partial charge in [-0.3, -0.25) is 15.1 Å². The van der Waals surface area contributed by atoms with E-state index in [0.29, 0.717) is 6.54 Å². The maximum Gasteiger partial charge on any atom is 0.269 e. The smallest absolute Gasteiger partial charge is 0.269 e. The van der Waals surface area contributed by atoms with Gasteiger partial charge in [0.1, 0.15) is 0 Å². The third-order valence-electron chi connectivity index (χ3n) is 2.99. The van der Waals surface area contributed by atoms with Crippen LogP contribution in [0, 0.1) is 10.1 Å². The fourth-order valence-corrected chi connectivity index (χ4v) is 1.85. The highest BCUT2D eigenvalue weighted by atomic mass is 127. The zero-order valence-corrected chi connectivity index (χ0v) is 15.0. The van der Waals surface area contributed by atoms with E-state index in [-0.39, 0.29) is 34.6 Å². The van der Waals surface area contributed by atoms with Crippen molar-refractivity contribution in [1.82, 2.24) is 10.2 Å². The molecule has 0 heterocycles. The van der Waals surface area contributed by atoms with Gasteiger partial charge in [-0.05, 0) is 12.0 Å². The van der Waals surface area contributed by atoms with Gasteiger partial charge in [0.25, 0.3) is 5.69 Å². The summed E-state index contributed by atoms with van der Waals surface area (Å²) in [7, 11) is 3.72. The van der Waals surface area contributed by atoms with Crippen LogP contribution >= 0.6 is 24.0 Å². The molecule has 6 nitrogen and oxygen atoms in total. The highest BCUT2D eigenvalue weighted by Crippen LogP contribution is 2.12. The van der Waals surface area contributed by atoms with Crippen molar-refractivity contribution in [2.45, 2.75) is 26.3 Å². The van der Waals surface area contributed by atoms with Crippen molar-refractivity contribution in [2.24, 2.45) is 4.99 Å². The van der Waals surface area contributed by atoms with Gasteiger partial charge in [-0.2, -0.15) is 0 Å². The fraction of sp³-hybridized carbons (Fsp3) is 0.500. The number of nitrogens with one attached hydrogen (secondary N) is 1.